The SMILES string of the molecule is CCc1cccc(CS(=O)(=O)N(CC)CC(=O)NC(C)=O)c1. The molecule has 0 fully saturated rings. The van der Waals surface area contributed by atoms with Crippen LogP contribution in [0.1, 0.15) is 31.9 Å². The van der Waals surface area contributed by atoms with E-state index in [0.29, 0.717) is 5.56 Å². The van der Waals surface area contributed by atoms with Crippen molar-refractivity contribution < 1.29 is 18.0 Å². The molecule has 0 spiro atoms. The number of likely N-dealkylation sites (N-methyl/N-ethyl adjacent to an activating group) is 1. The molecule has 1 N–H and O–H groups in total. The van der Waals surface area contributed by atoms with Crippen LogP contribution in [0.5, 0.6) is 0 Å². The van der Waals surface area contributed by atoms with E-state index in [4.69, 9.17) is 0 Å². The molecule has 0 unspecified atom stereocenters. The number of hydrogen-bond donors (Lipinski definition) is 1. The van der Waals surface area contributed by atoms with E-state index in [-0.39, 0.29) is 18.8 Å². The van der Waals surface area contributed by atoms with E-state index in [1.165, 1.54) is 6.92 Å². The van der Waals surface area contributed by atoms with Crippen LogP contribution in [-0.4, -0.2) is 37.6 Å². The van der Waals surface area contributed by atoms with Gasteiger partial charge in [-0.25, -0.2) is 8.42 Å². The molecule has 0 radical (unpaired) electrons. The van der Waals surface area contributed by atoms with Crippen LogP contribution in [-0.2, 0) is 31.8 Å². The second-order valence-corrected chi connectivity index (χ2v) is 6.93. The maximum atomic E-state index is 12.4. The Morgan fingerprint density at radius 1 is 1.18 bits per heavy atom. The fraction of sp³-hybridized carbons (Fsp3) is 0.467. The number of amides is 2. The van der Waals surface area contributed by atoms with Crippen LogP contribution in [0.2, 0.25) is 0 Å². The Balaban J connectivity index is 2.85. The van der Waals surface area contributed by atoms with Gasteiger partial charge in [-0.1, -0.05) is 38.1 Å². The molecule has 0 bridgehead atoms. The van der Waals surface area contributed by atoms with E-state index >= 15 is 0 Å². The highest BCUT2D eigenvalue weighted by molar-refractivity contribution is 7.88. The minimum absolute atomic E-state index is 0.165. The first-order valence-corrected chi connectivity index (χ1v) is 8.75. The summed E-state index contributed by atoms with van der Waals surface area (Å²) in [5.74, 6) is -1.29. The molecule has 0 aliphatic rings. The largest absolute Gasteiger partial charge is 0.296 e. The fourth-order valence-electron chi connectivity index (χ4n) is 2.04. The third kappa shape index (κ3) is 5.57. The van der Waals surface area contributed by atoms with Gasteiger partial charge in [-0.05, 0) is 17.5 Å². The van der Waals surface area contributed by atoms with Crippen LogP contribution in [0.15, 0.2) is 24.3 Å². The molecule has 0 aromatic heterocycles. The van der Waals surface area contributed by atoms with Crippen LogP contribution >= 0.6 is 0 Å². The quantitative estimate of drug-likeness (QED) is 0.812. The zero-order valence-corrected chi connectivity index (χ0v) is 13.9. The third-order valence-corrected chi connectivity index (χ3v) is 5.00. The Bertz CT molecular complexity index is 641. The van der Waals surface area contributed by atoms with E-state index in [2.05, 4.69) is 5.32 Å². The molecule has 0 aliphatic heterocycles. The van der Waals surface area contributed by atoms with Gasteiger partial charge in [-0.15, -0.1) is 0 Å². The van der Waals surface area contributed by atoms with Crippen molar-refractivity contribution in [2.75, 3.05) is 13.1 Å². The molecule has 1 aromatic carbocycles. The molecule has 22 heavy (non-hydrogen) atoms. The number of carbonyl (C=O) groups is 2. The first-order chi connectivity index (χ1) is 10.3. The first kappa shape index (κ1) is 18.3. The van der Waals surface area contributed by atoms with Crippen molar-refractivity contribution in [2.24, 2.45) is 0 Å². The molecule has 0 atom stereocenters. The minimum Gasteiger partial charge on any atom is -0.296 e. The summed E-state index contributed by atoms with van der Waals surface area (Å²) in [7, 11) is -3.62. The van der Waals surface area contributed by atoms with Crippen molar-refractivity contribution in [3.8, 4) is 0 Å². The third-order valence-electron chi connectivity index (χ3n) is 3.13. The topological polar surface area (TPSA) is 83.6 Å². The average molecular weight is 326 g/mol. The van der Waals surface area contributed by atoms with Crippen molar-refractivity contribution in [1.82, 2.24) is 9.62 Å². The van der Waals surface area contributed by atoms with E-state index in [0.717, 1.165) is 16.3 Å². The first-order valence-electron chi connectivity index (χ1n) is 7.14. The molecule has 0 aliphatic carbocycles. The predicted octanol–water partition coefficient (Wildman–Crippen LogP) is 1.06. The zero-order chi connectivity index (χ0) is 16.8. The van der Waals surface area contributed by atoms with Gasteiger partial charge < -0.3 is 0 Å². The van der Waals surface area contributed by atoms with Crippen molar-refractivity contribution in [3.05, 3.63) is 35.4 Å². The molecular weight excluding hydrogens is 304 g/mol. The molecule has 0 heterocycles. The summed E-state index contributed by atoms with van der Waals surface area (Å²) in [5, 5.41) is 2.08. The van der Waals surface area contributed by atoms with Gasteiger partial charge in [-0.2, -0.15) is 4.31 Å². The highest BCUT2D eigenvalue weighted by Gasteiger charge is 2.23. The summed E-state index contributed by atoms with van der Waals surface area (Å²) in [6.07, 6.45) is 0.826. The normalized spacial score (nSPS) is 11.5. The van der Waals surface area contributed by atoms with Crippen LogP contribution in [0.3, 0.4) is 0 Å². The Kier molecular flexibility index (Phi) is 6.70. The number of rotatable bonds is 7. The highest BCUT2D eigenvalue weighted by Crippen LogP contribution is 2.13. The zero-order valence-electron chi connectivity index (χ0n) is 13.1. The minimum atomic E-state index is -3.62. The number of sulfonamides is 1. The van der Waals surface area contributed by atoms with Crippen molar-refractivity contribution in [3.63, 3.8) is 0 Å². The molecule has 0 saturated heterocycles. The number of hydrogen-bond acceptors (Lipinski definition) is 4. The summed E-state index contributed by atoms with van der Waals surface area (Å²) in [6, 6.07) is 7.36. The molecule has 7 heteroatoms. The van der Waals surface area contributed by atoms with E-state index < -0.39 is 21.8 Å². The maximum absolute atomic E-state index is 12.4. The molecule has 1 rings (SSSR count). The molecule has 1 aromatic rings. The van der Waals surface area contributed by atoms with Gasteiger partial charge in [0, 0.05) is 13.5 Å². The van der Waals surface area contributed by atoms with Gasteiger partial charge in [0.05, 0.1) is 12.3 Å². The van der Waals surface area contributed by atoms with Crippen LogP contribution in [0.25, 0.3) is 0 Å². The van der Waals surface area contributed by atoms with Gasteiger partial charge in [0.25, 0.3) is 0 Å². The number of nitrogens with one attached hydrogen (secondary N) is 1. The molecule has 2 amide bonds. The Morgan fingerprint density at radius 2 is 1.82 bits per heavy atom. The van der Waals surface area contributed by atoms with Gasteiger partial charge in [0.1, 0.15) is 0 Å². The average Bonchev–Trinajstić information content (AvgIpc) is 2.43. The second kappa shape index (κ2) is 8.05. The van der Waals surface area contributed by atoms with Crippen molar-refractivity contribution >= 4 is 21.8 Å². The molecular formula is C15H22N2O4S. The summed E-state index contributed by atoms with van der Waals surface area (Å²) in [5.41, 5.74) is 1.75. The fourth-order valence-corrected chi connectivity index (χ4v) is 3.53. The molecule has 6 nitrogen and oxygen atoms in total. The van der Waals surface area contributed by atoms with Crippen LogP contribution in [0, 0.1) is 0 Å². The molecule has 122 valence electrons. The van der Waals surface area contributed by atoms with E-state index in [1.54, 1.807) is 13.0 Å². The highest BCUT2D eigenvalue weighted by atomic mass is 32.2. The number of aryl methyl sites for hydroxylation is 1. The van der Waals surface area contributed by atoms with Crippen molar-refractivity contribution in [2.45, 2.75) is 32.9 Å². The van der Waals surface area contributed by atoms with E-state index in [1.807, 2.05) is 25.1 Å². The molecule has 0 saturated carbocycles. The number of carbonyl (C=O) groups excluding carboxylic acids is 2. The van der Waals surface area contributed by atoms with Gasteiger partial charge in [-0.3, -0.25) is 14.9 Å². The number of nitrogens with zero attached hydrogens (tertiary/aromatic N) is 1. The maximum Gasteiger partial charge on any atom is 0.241 e. The lowest BCUT2D eigenvalue weighted by atomic mass is 10.1. The van der Waals surface area contributed by atoms with E-state index in [9.17, 15) is 18.0 Å². The van der Waals surface area contributed by atoms with Crippen LogP contribution in [0.4, 0.5) is 0 Å². The summed E-state index contributed by atoms with van der Waals surface area (Å²) in [6.45, 7) is 4.67. The Morgan fingerprint density at radius 3 is 2.36 bits per heavy atom. The second-order valence-electron chi connectivity index (χ2n) is 4.96. The standard InChI is InChI=1S/C15H22N2O4S/c1-4-13-7-6-8-14(9-13)11-22(20,21)17(5-2)10-15(19)16-12(3)18/h6-9H,4-5,10-11H2,1-3H3,(H,16,18,19). The van der Waals surface area contributed by atoms with Gasteiger partial charge >= 0.3 is 0 Å². The van der Waals surface area contributed by atoms with Crippen LogP contribution < -0.4 is 5.32 Å². The van der Waals surface area contributed by atoms with Gasteiger partial charge in [0.2, 0.25) is 21.8 Å². The van der Waals surface area contributed by atoms with Crippen molar-refractivity contribution in [1.29, 1.82) is 0 Å². The Labute approximate surface area is 131 Å². The summed E-state index contributed by atoms with van der Waals surface area (Å²) < 4.78 is 25.9. The lowest BCUT2D eigenvalue weighted by Crippen LogP contribution is -2.42. The smallest absolute Gasteiger partial charge is 0.241 e. The summed E-state index contributed by atoms with van der Waals surface area (Å²) in [4.78, 5) is 22.4. The monoisotopic (exact) mass is 326 g/mol. The lowest BCUT2D eigenvalue weighted by Gasteiger charge is -2.19. The summed E-state index contributed by atoms with van der Waals surface area (Å²) >= 11 is 0. The lowest BCUT2D eigenvalue weighted by molar-refractivity contribution is -0.129. The van der Waals surface area contributed by atoms with Gasteiger partial charge in [0.15, 0.2) is 0 Å². The Hall–Kier alpha value is -1.73. The number of benzene rings is 1. The predicted molar refractivity (Wildman–Crippen MR) is 84.5 cm³/mol. The number of imide groups is 1.